The highest BCUT2D eigenvalue weighted by atomic mass is 32.1. The fourth-order valence-electron chi connectivity index (χ4n) is 2.81. The zero-order valence-corrected chi connectivity index (χ0v) is 17.6. The molecule has 3 N–H and O–H groups in total. The molecule has 3 aromatic rings. The van der Waals surface area contributed by atoms with Gasteiger partial charge in [-0.05, 0) is 22.6 Å². The lowest BCUT2D eigenvalue weighted by Crippen LogP contribution is -2.39. The van der Waals surface area contributed by atoms with Gasteiger partial charge >= 0.3 is 12.0 Å². The van der Waals surface area contributed by atoms with Gasteiger partial charge in [-0.1, -0.05) is 66.7 Å². The lowest BCUT2D eigenvalue weighted by molar-refractivity contribution is -0.147. The lowest BCUT2D eigenvalue weighted by atomic mass is 10.1. The van der Waals surface area contributed by atoms with E-state index in [9.17, 15) is 14.4 Å². The van der Waals surface area contributed by atoms with Crippen LogP contribution in [0, 0.1) is 0 Å². The number of thiophene rings is 1. The predicted molar refractivity (Wildman–Crippen MR) is 118 cm³/mol. The van der Waals surface area contributed by atoms with E-state index in [0.29, 0.717) is 6.54 Å². The van der Waals surface area contributed by atoms with Crippen LogP contribution in [0.2, 0.25) is 0 Å². The lowest BCUT2D eigenvalue weighted by Gasteiger charge is -2.18. The summed E-state index contributed by atoms with van der Waals surface area (Å²) >= 11 is 1.53. The van der Waals surface area contributed by atoms with Crippen LogP contribution >= 0.6 is 11.3 Å². The minimum atomic E-state index is -0.697. The van der Waals surface area contributed by atoms with Crippen LogP contribution in [-0.2, 0) is 20.9 Å². The maximum atomic E-state index is 12.3. The van der Waals surface area contributed by atoms with Gasteiger partial charge in [0.2, 0.25) is 0 Å². The van der Waals surface area contributed by atoms with E-state index in [1.54, 1.807) is 0 Å². The molecule has 3 amide bonds. The summed E-state index contributed by atoms with van der Waals surface area (Å²) in [4.78, 5) is 37.0. The van der Waals surface area contributed by atoms with Gasteiger partial charge in [-0.2, -0.15) is 0 Å². The van der Waals surface area contributed by atoms with Crippen LogP contribution < -0.4 is 16.0 Å². The van der Waals surface area contributed by atoms with Gasteiger partial charge in [-0.3, -0.25) is 9.59 Å². The Hall–Kier alpha value is -3.65. The molecule has 1 aromatic heterocycles. The van der Waals surface area contributed by atoms with Crippen LogP contribution in [0.3, 0.4) is 0 Å². The second-order valence-electron chi connectivity index (χ2n) is 6.61. The summed E-state index contributed by atoms with van der Waals surface area (Å²) in [5, 5.41) is 9.88. The Bertz CT molecular complexity index is 979. The molecule has 0 saturated carbocycles. The van der Waals surface area contributed by atoms with Crippen LogP contribution in [0.1, 0.15) is 22.0 Å². The number of nitrogens with one attached hydrogen (secondary N) is 3. The van der Waals surface area contributed by atoms with Crippen molar-refractivity contribution in [1.82, 2.24) is 16.0 Å². The highest BCUT2D eigenvalue weighted by molar-refractivity contribution is 7.10. The summed E-state index contributed by atoms with van der Waals surface area (Å²) in [6.45, 7) is -0.421. The molecule has 0 fully saturated rings. The van der Waals surface area contributed by atoms with Crippen LogP contribution in [0.4, 0.5) is 4.79 Å². The van der Waals surface area contributed by atoms with Gasteiger partial charge in [0.15, 0.2) is 6.61 Å². The fraction of sp³-hybridized carbons (Fsp3) is 0.174. The molecular weight excluding hydrogens is 414 g/mol. The molecule has 0 saturated heterocycles. The number of carbonyl (C=O) groups excluding carboxylic acids is 3. The average Bonchev–Trinajstić information content (AvgIpc) is 3.34. The Morgan fingerprint density at radius 1 is 0.871 bits per heavy atom. The summed E-state index contributed by atoms with van der Waals surface area (Å²) in [5.41, 5.74) is 1.87. The van der Waals surface area contributed by atoms with Gasteiger partial charge in [0.05, 0.1) is 6.04 Å². The van der Waals surface area contributed by atoms with E-state index < -0.39 is 24.5 Å². The largest absolute Gasteiger partial charge is 0.454 e. The summed E-state index contributed by atoms with van der Waals surface area (Å²) in [6, 6.07) is 22.0. The molecule has 3 rings (SSSR count). The fourth-order valence-corrected chi connectivity index (χ4v) is 3.62. The second-order valence-corrected chi connectivity index (χ2v) is 7.59. The maximum absolute atomic E-state index is 12.3. The molecule has 1 atom stereocenters. The zero-order chi connectivity index (χ0) is 21.9. The van der Waals surface area contributed by atoms with Gasteiger partial charge in [0.25, 0.3) is 5.91 Å². The quantitative estimate of drug-likeness (QED) is 0.449. The first kappa shape index (κ1) is 22.0. The van der Waals surface area contributed by atoms with Gasteiger partial charge in [-0.25, -0.2) is 4.79 Å². The molecule has 0 aliphatic rings. The number of esters is 1. The number of hydrogen-bond donors (Lipinski definition) is 3. The number of amides is 3. The Kier molecular flexibility index (Phi) is 8.19. The van der Waals surface area contributed by atoms with Crippen molar-refractivity contribution in [3.63, 3.8) is 0 Å². The molecule has 0 radical (unpaired) electrons. The summed E-state index contributed by atoms with van der Waals surface area (Å²) < 4.78 is 4.98. The topological polar surface area (TPSA) is 96.5 Å². The van der Waals surface area contributed by atoms with Gasteiger partial charge < -0.3 is 20.7 Å². The van der Waals surface area contributed by atoms with Crippen LogP contribution in [0.15, 0.2) is 78.2 Å². The van der Waals surface area contributed by atoms with Crippen molar-refractivity contribution >= 4 is 29.2 Å². The normalized spacial score (nSPS) is 11.2. The number of rotatable bonds is 9. The van der Waals surface area contributed by atoms with Crippen molar-refractivity contribution in [2.75, 3.05) is 13.2 Å². The molecule has 1 heterocycles. The summed E-state index contributed by atoms with van der Waals surface area (Å²) in [5.74, 6) is -1.12. The predicted octanol–water partition coefficient (Wildman–Crippen LogP) is 3.00. The minimum Gasteiger partial charge on any atom is -0.454 e. The van der Waals surface area contributed by atoms with E-state index in [1.807, 2.05) is 78.2 Å². The van der Waals surface area contributed by atoms with E-state index >= 15 is 0 Å². The SMILES string of the molecule is O=C(COC(=O)CNC(=O)NCc1ccccc1)NC(c1ccccc1)c1cccs1. The van der Waals surface area contributed by atoms with Crippen LogP contribution in [0.5, 0.6) is 0 Å². The Labute approximate surface area is 184 Å². The van der Waals surface area contributed by atoms with Gasteiger partial charge in [0, 0.05) is 11.4 Å². The van der Waals surface area contributed by atoms with Crippen molar-refractivity contribution < 1.29 is 19.1 Å². The maximum Gasteiger partial charge on any atom is 0.325 e. The number of ether oxygens (including phenoxy) is 1. The molecular formula is C23H23N3O4S. The van der Waals surface area contributed by atoms with Gasteiger partial charge in [0.1, 0.15) is 6.54 Å². The first-order valence-electron chi connectivity index (χ1n) is 9.71. The molecule has 1 unspecified atom stereocenters. The van der Waals surface area contributed by atoms with E-state index in [4.69, 9.17) is 4.74 Å². The molecule has 0 aliphatic carbocycles. The highest BCUT2D eigenvalue weighted by Gasteiger charge is 2.18. The Morgan fingerprint density at radius 3 is 2.26 bits per heavy atom. The Balaban J connectivity index is 1.41. The number of hydrogen-bond acceptors (Lipinski definition) is 5. The van der Waals surface area contributed by atoms with E-state index in [2.05, 4.69) is 16.0 Å². The van der Waals surface area contributed by atoms with Crippen molar-refractivity contribution in [3.8, 4) is 0 Å². The molecule has 0 spiro atoms. The molecule has 2 aromatic carbocycles. The minimum absolute atomic E-state index is 0.325. The second kappa shape index (κ2) is 11.5. The number of urea groups is 1. The van der Waals surface area contributed by atoms with E-state index in [1.165, 1.54) is 11.3 Å². The first-order chi connectivity index (χ1) is 15.1. The van der Waals surface area contributed by atoms with Crippen molar-refractivity contribution in [2.45, 2.75) is 12.6 Å². The third-order valence-corrected chi connectivity index (χ3v) is 5.26. The summed E-state index contributed by atoms with van der Waals surface area (Å²) in [7, 11) is 0. The molecule has 31 heavy (non-hydrogen) atoms. The van der Waals surface area contributed by atoms with Gasteiger partial charge in [-0.15, -0.1) is 11.3 Å². The third-order valence-electron chi connectivity index (χ3n) is 4.32. The van der Waals surface area contributed by atoms with Crippen LogP contribution in [-0.4, -0.2) is 31.1 Å². The molecule has 0 bridgehead atoms. The molecule has 8 heteroatoms. The number of benzene rings is 2. The van der Waals surface area contributed by atoms with Crippen molar-refractivity contribution in [3.05, 3.63) is 94.2 Å². The van der Waals surface area contributed by atoms with Crippen molar-refractivity contribution in [2.24, 2.45) is 0 Å². The molecule has 0 aliphatic heterocycles. The standard InChI is InChI=1S/C23H23N3O4S/c27-20(26-22(19-12-7-13-31-19)18-10-5-2-6-11-18)16-30-21(28)15-25-23(29)24-14-17-8-3-1-4-9-17/h1-13,22H,14-16H2,(H,26,27)(H2,24,25,29). The first-order valence-corrected chi connectivity index (χ1v) is 10.6. The Morgan fingerprint density at radius 2 is 1.58 bits per heavy atom. The van der Waals surface area contributed by atoms with E-state index in [-0.39, 0.29) is 12.6 Å². The van der Waals surface area contributed by atoms with Crippen LogP contribution in [0.25, 0.3) is 0 Å². The number of carbonyl (C=O) groups is 3. The highest BCUT2D eigenvalue weighted by Crippen LogP contribution is 2.25. The van der Waals surface area contributed by atoms with Crippen molar-refractivity contribution in [1.29, 1.82) is 0 Å². The third kappa shape index (κ3) is 7.27. The average molecular weight is 438 g/mol. The van der Waals surface area contributed by atoms with E-state index in [0.717, 1.165) is 16.0 Å². The summed E-state index contributed by atoms with van der Waals surface area (Å²) in [6.07, 6.45) is 0. The molecule has 160 valence electrons. The molecule has 7 nitrogen and oxygen atoms in total. The smallest absolute Gasteiger partial charge is 0.325 e. The zero-order valence-electron chi connectivity index (χ0n) is 16.7. The monoisotopic (exact) mass is 437 g/mol.